The highest BCUT2D eigenvalue weighted by atomic mass is 35.5. The van der Waals surface area contributed by atoms with E-state index in [9.17, 15) is 9.59 Å². The maximum Gasteiger partial charge on any atom is 0.246 e. The minimum atomic E-state index is -0.759. The van der Waals surface area contributed by atoms with E-state index < -0.39 is 5.38 Å². The minimum absolute atomic E-state index is 0.0885. The monoisotopic (exact) mass is 450 g/mol. The van der Waals surface area contributed by atoms with Crippen LogP contribution in [0.2, 0.25) is 0 Å². The molecule has 0 saturated carbocycles. The van der Waals surface area contributed by atoms with Crippen molar-refractivity contribution in [3.05, 3.63) is 95.6 Å². The van der Waals surface area contributed by atoms with Gasteiger partial charge in [-0.25, -0.2) is 0 Å². The second-order valence-corrected chi connectivity index (χ2v) is 8.84. The average Bonchev–Trinajstić information content (AvgIpc) is 3.21. The number of rotatable bonds is 6. The Morgan fingerprint density at radius 1 is 1.10 bits per heavy atom. The molecule has 4 nitrogen and oxygen atoms in total. The lowest BCUT2D eigenvalue weighted by Crippen LogP contribution is -2.27. The molecule has 6 heteroatoms. The number of hydrogen-bond donors (Lipinski definition) is 1. The molecular weight excluding hydrogens is 428 g/mol. The first-order valence-corrected chi connectivity index (χ1v) is 11.7. The molecule has 31 heavy (non-hydrogen) atoms. The van der Waals surface area contributed by atoms with Gasteiger partial charge in [0.15, 0.2) is 0 Å². The van der Waals surface area contributed by atoms with Gasteiger partial charge in [0.05, 0.1) is 5.75 Å². The van der Waals surface area contributed by atoms with Crippen LogP contribution in [0.25, 0.3) is 0 Å². The Labute approximate surface area is 191 Å². The van der Waals surface area contributed by atoms with Crippen LogP contribution in [0, 0.1) is 0 Å². The Bertz CT molecular complexity index is 1070. The second-order valence-electron chi connectivity index (χ2n) is 7.34. The summed E-state index contributed by atoms with van der Waals surface area (Å²) in [7, 11) is 0. The summed E-state index contributed by atoms with van der Waals surface area (Å²) < 4.78 is 0. The zero-order valence-corrected chi connectivity index (χ0v) is 18.7. The highest BCUT2D eigenvalue weighted by molar-refractivity contribution is 8.00. The van der Waals surface area contributed by atoms with E-state index in [1.54, 1.807) is 11.8 Å². The van der Waals surface area contributed by atoms with Crippen LogP contribution >= 0.6 is 23.4 Å². The maximum atomic E-state index is 12.6. The van der Waals surface area contributed by atoms with Crippen LogP contribution in [0.5, 0.6) is 0 Å². The molecule has 1 aliphatic heterocycles. The zero-order valence-electron chi connectivity index (χ0n) is 17.1. The van der Waals surface area contributed by atoms with Gasteiger partial charge in [0, 0.05) is 11.4 Å². The number of nitrogens with one attached hydrogen (secondary N) is 1. The first-order chi connectivity index (χ1) is 15.1. The zero-order chi connectivity index (χ0) is 21.8. The highest BCUT2D eigenvalue weighted by Gasteiger charge is 2.34. The molecule has 0 unspecified atom stereocenters. The van der Waals surface area contributed by atoms with E-state index in [4.69, 9.17) is 11.6 Å². The number of anilines is 2. The van der Waals surface area contributed by atoms with Crippen molar-refractivity contribution in [3.8, 4) is 0 Å². The van der Waals surface area contributed by atoms with Crippen LogP contribution in [-0.2, 0) is 16.0 Å². The summed E-state index contributed by atoms with van der Waals surface area (Å²) in [5, 5.41) is 2.02. The van der Waals surface area contributed by atoms with Gasteiger partial charge in [0.2, 0.25) is 11.8 Å². The van der Waals surface area contributed by atoms with E-state index in [0.29, 0.717) is 11.4 Å². The largest absolute Gasteiger partial charge is 0.325 e. The van der Waals surface area contributed by atoms with Gasteiger partial charge in [0.1, 0.15) is 10.8 Å². The van der Waals surface area contributed by atoms with Crippen molar-refractivity contribution in [1.82, 2.24) is 0 Å². The molecule has 3 aromatic rings. The molecule has 158 valence electrons. The summed E-state index contributed by atoms with van der Waals surface area (Å²) in [6, 6.07) is 25.0. The lowest BCUT2D eigenvalue weighted by atomic mass is 10.1. The summed E-state index contributed by atoms with van der Waals surface area (Å²) >= 11 is 7.92. The molecule has 0 aromatic heterocycles. The fourth-order valence-electron chi connectivity index (χ4n) is 3.59. The smallest absolute Gasteiger partial charge is 0.246 e. The molecule has 1 saturated heterocycles. The Balaban J connectivity index is 1.49. The number of alkyl halides is 1. The quantitative estimate of drug-likeness (QED) is 0.472. The molecule has 4 rings (SSSR count). The number of halogens is 1. The van der Waals surface area contributed by atoms with Gasteiger partial charge < -0.3 is 5.32 Å². The van der Waals surface area contributed by atoms with Gasteiger partial charge in [-0.15, -0.1) is 23.4 Å². The molecule has 1 aliphatic rings. The van der Waals surface area contributed by atoms with Crippen molar-refractivity contribution in [1.29, 1.82) is 0 Å². The molecule has 3 aromatic carbocycles. The number of thioether (sulfide) groups is 1. The number of benzene rings is 3. The van der Waals surface area contributed by atoms with Crippen LogP contribution in [0.1, 0.15) is 34.4 Å². The number of aryl methyl sites for hydroxylation is 1. The van der Waals surface area contributed by atoms with Crippen LogP contribution in [0.4, 0.5) is 11.4 Å². The Morgan fingerprint density at radius 2 is 1.84 bits per heavy atom. The number of hydrogen-bond acceptors (Lipinski definition) is 3. The number of carbonyl (C=O) groups is 2. The van der Waals surface area contributed by atoms with Gasteiger partial charge in [-0.05, 0) is 47.4 Å². The van der Waals surface area contributed by atoms with Crippen molar-refractivity contribution in [2.45, 2.75) is 24.1 Å². The second kappa shape index (κ2) is 9.58. The first kappa shape index (κ1) is 21.5. The fraction of sp³-hybridized carbons (Fsp3) is 0.200. The third kappa shape index (κ3) is 4.78. The van der Waals surface area contributed by atoms with E-state index in [-0.39, 0.29) is 17.2 Å². The van der Waals surface area contributed by atoms with Gasteiger partial charge >= 0.3 is 0 Å². The summed E-state index contributed by atoms with van der Waals surface area (Å²) in [5.41, 5.74) is 4.56. The predicted molar refractivity (Wildman–Crippen MR) is 129 cm³/mol. The van der Waals surface area contributed by atoms with Crippen LogP contribution in [0.15, 0.2) is 78.9 Å². The summed E-state index contributed by atoms with van der Waals surface area (Å²) in [6.07, 6.45) is 0.923. The number of carbonyl (C=O) groups excluding carboxylic acids is 2. The number of nitrogens with zero attached hydrogens (tertiary/aromatic N) is 1. The minimum Gasteiger partial charge on any atom is -0.325 e. The van der Waals surface area contributed by atoms with Crippen LogP contribution < -0.4 is 10.2 Å². The molecule has 2 amide bonds. The highest BCUT2D eigenvalue weighted by Crippen LogP contribution is 2.42. The molecule has 2 atom stereocenters. The molecule has 0 bridgehead atoms. The van der Waals surface area contributed by atoms with Crippen molar-refractivity contribution >= 4 is 46.6 Å². The Hall–Kier alpha value is -2.76. The van der Waals surface area contributed by atoms with Crippen molar-refractivity contribution in [2.24, 2.45) is 0 Å². The molecule has 1 N–H and O–H groups in total. The lowest BCUT2D eigenvalue weighted by Gasteiger charge is -2.25. The molecule has 0 radical (unpaired) electrons. The van der Waals surface area contributed by atoms with Crippen molar-refractivity contribution in [3.63, 3.8) is 0 Å². The van der Waals surface area contributed by atoms with Gasteiger partial charge in [-0.1, -0.05) is 61.5 Å². The third-order valence-electron chi connectivity index (χ3n) is 5.25. The van der Waals surface area contributed by atoms with Gasteiger partial charge in [-0.2, -0.15) is 0 Å². The normalized spacial score (nSPS) is 16.9. The summed E-state index contributed by atoms with van der Waals surface area (Å²) in [6.45, 7) is 2.10. The van der Waals surface area contributed by atoms with Gasteiger partial charge in [0.25, 0.3) is 0 Å². The third-order valence-corrected chi connectivity index (χ3v) is 6.91. The molecular formula is C25H23ClN2O2S. The predicted octanol–water partition coefficient (Wildman–Crippen LogP) is 5.95. The van der Waals surface area contributed by atoms with Crippen molar-refractivity contribution in [2.75, 3.05) is 16.0 Å². The Kier molecular flexibility index (Phi) is 6.64. The van der Waals surface area contributed by atoms with E-state index in [1.807, 2.05) is 71.6 Å². The molecule has 1 heterocycles. The lowest BCUT2D eigenvalue weighted by molar-refractivity contribution is -0.116. The fourth-order valence-corrected chi connectivity index (χ4v) is 4.96. The molecule has 0 aliphatic carbocycles. The van der Waals surface area contributed by atoms with E-state index >= 15 is 0 Å². The van der Waals surface area contributed by atoms with Crippen LogP contribution in [-0.4, -0.2) is 17.6 Å². The molecule has 1 fully saturated rings. The van der Waals surface area contributed by atoms with E-state index in [0.717, 1.165) is 23.2 Å². The summed E-state index contributed by atoms with van der Waals surface area (Å²) in [5.74, 6) is 0.280. The van der Waals surface area contributed by atoms with Crippen molar-refractivity contribution < 1.29 is 9.59 Å². The standard InChI is InChI=1S/C25H23ClN2O2S/c1-2-17-7-6-10-21(15-17)28-22(29)16-31-25(28)19-11-13-20(14-12-19)27-24(30)23(26)18-8-4-3-5-9-18/h3-15,23,25H,2,16H2,1H3,(H,27,30)/t23-,25+/m0/s1. The topological polar surface area (TPSA) is 49.4 Å². The SMILES string of the molecule is CCc1cccc(N2C(=O)CS[C@@H]2c2ccc(NC(=O)[C@@H](Cl)c3ccccc3)cc2)c1. The van der Waals surface area contributed by atoms with Gasteiger partial charge in [-0.3, -0.25) is 14.5 Å². The molecule has 0 spiro atoms. The average molecular weight is 451 g/mol. The first-order valence-electron chi connectivity index (χ1n) is 10.2. The van der Waals surface area contributed by atoms with E-state index in [2.05, 4.69) is 24.4 Å². The summed E-state index contributed by atoms with van der Waals surface area (Å²) in [4.78, 5) is 27.0. The maximum absolute atomic E-state index is 12.6. The van der Waals surface area contributed by atoms with Crippen LogP contribution in [0.3, 0.4) is 0 Å². The Morgan fingerprint density at radius 3 is 2.55 bits per heavy atom. The van der Waals surface area contributed by atoms with E-state index in [1.165, 1.54) is 5.56 Å². The number of amides is 2.